The van der Waals surface area contributed by atoms with E-state index in [1.807, 2.05) is 4.72 Å². The number of aliphatic hydroxyl groups is 1. The molecule has 2 aromatic rings. The summed E-state index contributed by atoms with van der Waals surface area (Å²) in [5.74, 6) is -2.60. The third kappa shape index (κ3) is 3.40. The highest BCUT2D eigenvalue weighted by molar-refractivity contribution is 7.89. The van der Waals surface area contributed by atoms with E-state index in [1.165, 1.54) is 0 Å². The number of nitrogens with one attached hydrogen (secondary N) is 1. The zero-order valence-electron chi connectivity index (χ0n) is 10.8. The topological polar surface area (TPSA) is 105 Å². The van der Waals surface area contributed by atoms with E-state index in [0.29, 0.717) is 5.82 Å². The van der Waals surface area contributed by atoms with Crippen molar-refractivity contribution in [2.75, 3.05) is 0 Å². The molecule has 0 aliphatic rings. The van der Waals surface area contributed by atoms with Crippen LogP contribution in [0.1, 0.15) is 17.3 Å². The van der Waals surface area contributed by atoms with Gasteiger partial charge in [0.2, 0.25) is 15.9 Å². The monoisotopic (exact) mass is 319 g/mol. The van der Waals surface area contributed by atoms with Crippen LogP contribution in [0, 0.1) is 18.6 Å². The van der Waals surface area contributed by atoms with E-state index in [2.05, 4.69) is 10.1 Å². The molecule has 10 heteroatoms. The summed E-state index contributed by atoms with van der Waals surface area (Å²) in [6.07, 6.45) is 0. The quantitative estimate of drug-likeness (QED) is 0.837. The lowest BCUT2D eigenvalue weighted by molar-refractivity contribution is 0.280. The van der Waals surface area contributed by atoms with E-state index in [1.54, 1.807) is 6.92 Å². The van der Waals surface area contributed by atoms with Crippen LogP contribution in [0.3, 0.4) is 0 Å². The molecule has 0 radical (unpaired) electrons. The van der Waals surface area contributed by atoms with Crippen molar-refractivity contribution in [1.29, 1.82) is 0 Å². The van der Waals surface area contributed by atoms with Crippen molar-refractivity contribution in [3.63, 3.8) is 0 Å². The first-order chi connectivity index (χ1) is 9.83. The number of aryl methyl sites for hydroxylation is 1. The summed E-state index contributed by atoms with van der Waals surface area (Å²) in [7, 11) is -4.34. The number of benzene rings is 1. The number of hydrogen-bond acceptors (Lipinski definition) is 6. The lowest BCUT2D eigenvalue weighted by Crippen LogP contribution is -2.25. The van der Waals surface area contributed by atoms with Crippen LogP contribution >= 0.6 is 0 Å². The van der Waals surface area contributed by atoms with Gasteiger partial charge in [0.15, 0.2) is 17.5 Å². The Hall–Kier alpha value is -1.91. The maximum Gasteiger partial charge on any atom is 0.244 e. The van der Waals surface area contributed by atoms with Gasteiger partial charge in [-0.15, -0.1) is 0 Å². The standard InChI is InChI=1S/C11H11F2N3O4S/c1-6-15-10(20-16-6)4-14-21(18,19)9-3-7(5-17)2-8(12)11(9)13/h2-3,14,17H,4-5H2,1H3. The summed E-state index contributed by atoms with van der Waals surface area (Å²) in [4.78, 5) is 2.87. The van der Waals surface area contributed by atoms with Crippen LogP contribution in [0.5, 0.6) is 0 Å². The largest absolute Gasteiger partial charge is 0.392 e. The first-order valence-electron chi connectivity index (χ1n) is 5.71. The summed E-state index contributed by atoms with van der Waals surface area (Å²) in [6, 6.07) is 1.57. The fourth-order valence-electron chi connectivity index (χ4n) is 1.55. The molecule has 0 bridgehead atoms. The average molecular weight is 319 g/mol. The molecule has 0 spiro atoms. The van der Waals surface area contributed by atoms with E-state index >= 15 is 0 Å². The van der Waals surface area contributed by atoms with Crippen LogP contribution in [-0.2, 0) is 23.2 Å². The number of hydrogen-bond donors (Lipinski definition) is 2. The minimum atomic E-state index is -4.34. The molecular formula is C11H11F2N3O4S. The van der Waals surface area contributed by atoms with Gasteiger partial charge in [-0.25, -0.2) is 21.9 Å². The molecule has 7 nitrogen and oxygen atoms in total. The van der Waals surface area contributed by atoms with E-state index in [4.69, 9.17) is 9.63 Å². The van der Waals surface area contributed by atoms with Crippen molar-refractivity contribution in [1.82, 2.24) is 14.9 Å². The third-order valence-corrected chi connectivity index (χ3v) is 3.91. The molecule has 114 valence electrons. The maximum atomic E-state index is 13.6. The van der Waals surface area contributed by atoms with Gasteiger partial charge in [-0.2, -0.15) is 4.98 Å². The van der Waals surface area contributed by atoms with E-state index in [0.717, 1.165) is 12.1 Å². The molecular weight excluding hydrogens is 308 g/mol. The molecule has 0 atom stereocenters. The van der Waals surface area contributed by atoms with Crippen molar-refractivity contribution in [2.45, 2.75) is 25.0 Å². The van der Waals surface area contributed by atoms with Gasteiger partial charge >= 0.3 is 0 Å². The highest BCUT2D eigenvalue weighted by Gasteiger charge is 2.23. The van der Waals surface area contributed by atoms with Crippen LogP contribution in [0.15, 0.2) is 21.6 Å². The molecule has 0 saturated carbocycles. The van der Waals surface area contributed by atoms with Crippen LogP contribution in [0.25, 0.3) is 0 Å². The van der Waals surface area contributed by atoms with Crippen LogP contribution in [0.4, 0.5) is 8.78 Å². The van der Waals surface area contributed by atoms with E-state index < -0.39 is 33.2 Å². The van der Waals surface area contributed by atoms with Gasteiger partial charge in [0.1, 0.15) is 4.90 Å². The lowest BCUT2D eigenvalue weighted by atomic mass is 10.2. The van der Waals surface area contributed by atoms with Crippen LogP contribution < -0.4 is 4.72 Å². The summed E-state index contributed by atoms with van der Waals surface area (Å²) < 4.78 is 57.6. The Morgan fingerprint density at radius 3 is 2.67 bits per heavy atom. The minimum absolute atomic E-state index is 0.0183. The summed E-state index contributed by atoms with van der Waals surface area (Å²) in [5.41, 5.74) is -0.0668. The Morgan fingerprint density at radius 2 is 2.10 bits per heavy atom. The first-order valence-corrected chi connectivity index (χ1v) is 7.19. The first kappa shape index (κ1) is 15.5. The molecule has 2 N–H and O–H groups in total. The highest BCUT2D eigenvalue weighted by Crippen LogP contribution is 2.20. The van der Waals surface area contributed by atoms with Gasteiger partial charge in [-0.3, -0.25) is 0 Å². The Labute approximate surface area is 118 Å². The van der Waals surface area contributed by atoms with Crippen molar-refractivity contribution in [3.8, 4) is 0 Å². The fourth-order valence-corrected chi connectivity index (χ4v) is 2.66. The van der Waals surface area contributed by atoms with Gasteiger partial charge in [-0.1, -0.05) is 5.16 Å². The number of sulfonamides is 1. The molecule has 1 aromatic heterocycles. The maximum absolute atomic E-state index is 13.6. The van der Waals surface area contributed by atoms with Crippen molar-refractivity contribution >= 4 is 10.0 Å². The zero-order chi connectivity index (χ0) is 15.6. The Morgan fingerprint density at radius 1 is 1.38 bits per heavy atom. The van der Waals surface area contributed by atoms with Crippen LogP contribution in [0.2, 0.25) is 0 Å². The SMILES string of the molecule is Cc1noc(CNS(=O)(=O)c2cc(CO)cc(F)c2F)n1. The normalized spacial score (nSPS) is 11.8. The second-order valence-electron chi connectivity index (χ2n) is 4.11. The molecule has 2 rings (SSSR count). The molecule has 21 heavy (non-hydrogen) atoms. The molecule has 0 aliphatic carbocycles. The summed E-state index contributed by atoms with van der Waals surface area (Å²) >= 11 is 0. The van der Waals surface area contributed by atoms with Crippen molar-refractivity contribution in [2.24, 2.45) is 0 Å². The number of aromatic nitrogens is 2. The molecule has 0 saturated heterocycles. The van der Waals surface area contributed by atoms with Gasteiger partial charge in [0, 0.05) is 0 Å². The van der Waals surface area contributed by atoms with Crippen molar-refractivity contribution < 1.29 is 26.8 Å². The zero-order valence-corrected chi connectivity index (χ0v) is 11.6. The molecule has 0 unspecified atom stereocenters. The van der Waals surface area contributed by atoms with Gasteiger partial charge < -0.3 is 9.63 Å². The number of rotatable bonds is 5. The predicted molar refractivity (Wildman–Crippen MR) is 65.3 cm³/mol. The Kier molecular flexibility index (Phi) is 4.30. The molecule has 0 amide bonds. The lowest BCUT2D eigenvalue weighted by Gasteiger charge is -2.08. The molecule has 1 aromatic carbocycles. The number of nitrogens with zero attached hydrogens (tertiary/aromatic N) is 2. The predicted octanol–water partition coefficient (Wildman–Crippen LogP) is 0.627. The number of aliphatic hydroxyl groups excluding tert-OH is 1. The average Bonchev–Trinajstić information content (AvgIpc) is 2.85. The second-order valence-corrected chi connectivity index (χ2v) is 5.84. The molecule has 0 aliphatic heterocycles. The molecule has 0 fully saturated rings. The smallest absolute Gasteiger partial charge is 0.244 e. The number of halogens is 2. The van der Waals surface area contributed by atoms with Crippen LogP contribution in [-0.4, -0.2) is 23.7 Å². The summed E-state index contributed by atoms with van der Waals surface area (Å²) in [6.45, 7) is 0.553. The van der Waals surface area contributed by atoms with E-state index in [9.17, 15) is 17.2 Å². The van der Waals surface area contributed by atoms with Gasteiger partial charge in [0.05, 0.1) is 13.2 Å². The fraction of sp³-hybridized carbons (Fsp3) is 0.273. The van der Waals surface area contributed by atoms with E-state index in [-0.39, 0.29) is 18.0 Å². The third-order valence-electron chi connectivity index (χ3n) is 2.51. The van der Waals surface area contributed by atoms with Gasteiger partial charge in [-0.05, 0) is 24.6 Å². The Balaban J connectivity index is 2.29. The second kappa shape index (κ2) is 5.84. The Bertz CT molecular complexity index is 761. The van der Waals surface area contributed by atoms with Crippen molar-refractivity contribution in [3.05, 3.63) is 41.0 Å². The summed E-state index contributed by atoms with van der Waals surface area (Å²) in [5, 5.41) is 12.4. The minimum Gasteiger partial charge on any atom is -0.392 e. The van der Waals surface area contributed by atoms with Gasteiger partial charge in [0.25, 0.3) is 0 Å². The molecule has 1 heterocycles. The highest BCUT2D eigenvalue weighted by atomic mass is 32.2.